The third-order valence-corrected chi connectivity index (χ3v) is 3.69. The molecule has 96 valence electrons. The van der Waals surface area contributed by atoms with Gasteiger partial charge >= 0.3 is 0 Å². The van der Waals surface area contributed by atoms with Crippen LogP contribution in [0.25, 0.3) is 5.65 Å². The van der Waals surface area contributed by atoms with Gasteiger partial charge in [0.15, 0.2) is 5.65 Å². The highest BCUT2D eigenvalue weighted by Crippen LogP contribution is 2.24. The van der Waals surface area contributed by atoms with Crippen LogP contribution in [0.4, 0.5) is 5.82 Å². The smallest absolute Gasteiger partial charge is 0.157 e. The summed E-state index contributed by atoms with van der Waals surface area (Å²) in [5.41, 5.74) is 6.99. The lowest BCUT2D eigenvalue weighted by atomic mass is 9.97. The molecule has 0 aromatic carbocycles. The third kappa shape index (κ3) is 1.95. The molecule has 0 bridgehead atoms. The molecule has 2 atom stereocenters. The molecular formula is C13H19N5. The Bertz CT molecular complexity index is 533. The highest BCUT2D eigenvalue weighted by Gasteiger charge is 2.26. The summed E-state index contributed by atoms with van der Waals surface area (Å²) in [4.78, 5) is 7.01. The Morgan fingerprint density at radius 1 is 1.39 bits per heavy atom. The minimum Gasteiger partial charge on any atom is -0.352 e. The lowest BCUT2D eigenvalue weighted by Gasteiger charge is -2.38. The van der Waals surface area contributed by atoms with Crippen LogP contribution in [0.2, 0.25) is 0 Å². The first kappa shape index (κ1) is 11.5. The van der Waals surface area contributed by atoms with Gasteiger partial charge in [0, 0.05) is 30.9 Å². The third-order valence-electron chi connectivity index (χ3n) is 3.69. The van der Waals surface area contributed by atoms with Crippen molar-refractivity contribution in [3.8, 4) is 0 Å². The lowest BCUT2D eigenvalue weighted by molar-refractivity contribution is 0.411. The predicted molar refractivity (Wildman–Crippen MR) is 71.6 cm³/mol. The summed E-state index contributed by atoms with van der Waals surface area (Å²) in [6, 6.07) is 4.53. The van der Waals surface area contributed by atoms with Gasteiger partial charge in [0.2, 0.25) is 0 Å². The number of hydrogen-bond acceptors (Lipinski definition) is 4. The summed E-state index contributed by atoms with van der Waals surface area (Å²) < 4.78 is 1.79. The highest BCUT2D eigenvalue weighted by atomic mass is 15.3. The Hall–Kier alpha value is -1.62. The quantitative estimate of drug-likeness (QED) is 0.869. The average molecular weight is 245 g/mol. The van der Waals surface area contributed by atoms with Crippen LogP contribution in [0, 0.1) is 0 Å². The van der Waals surface area contributed by atoms with Crippen LogP contribution in [0.15, 0.2) is 24.5 Å². The van der Waals surface area contributed by atoms with Crippen LogP contribution in [-0.4, -0.2) is 33.2 Å². The molecule has 2 unspecified atom stereocenters. The number of fused-ring (bicyclic) bond motifs is 1. The minimum atomic E-state index is 0.174. The maximum atomic E-state index is 6.10. The normalized spacial score (nSPS) is 22.3. The predicted octanol–water partition coefficient (Wildman–Crippen LogP) is 1.44. The first-order chi connectivity index (χ1) is 8.75. The summed E-state index contributed by atoms with van der Waals surface area (Å²) in [7, 11) is 0. The van der Waals surface area contributed by atoms with Crippen LogP contribution in [0.1, 0.15) is 26.2 Å². The molecule has 5 heteroatoms. The van der Waals surface area contributed by atoms with Crippen LogP contribution in [0.3, 0.4) is 0 Å². The molecule has 1 aliphatic heterocycles. The van der Waals surface area contributed by atoms with Crippen LogP contribution >= 0.6 is 0 Å². The largest absolute Gasteiger partial charge is 0.352 e. The molecule has 1 aliphatic rings. The van der Waals surface area contributed by atoms with Gasteiger partial charge in [-0.15, -0.1) is 0 Å². The van der Waals surface area contributed by atoms with Crippen molar-refractivity contribution in [1.82, 2.24) is 14.6 Å². The fraction of sp³-hybridized carbons (Fsp3) is 0.538. The highest BCUT2D eigenvalue weighted by molar-refractivity contribution is 5.48. The molecule has 0 amide bonds. The van der Waals surface area contributed by atoms with E-state index in [0.717, 1.165) is 24.4 Å². The van der Waals surface area contributed by atoms with Gasteiger partial charge in [0.05, 0.1) is 6.20 Å². The van der Waals surface area contributed by atoms with E-state index in [9.17, 15) is 0 Å². The second-order valence-electron chi connectivity index (χ2n) is 5.04. The van der Waals surface area contributed by atoms with Crippen molar-refractivity contribution in [2.24, 2.45) is 5.73 Å². The second kappa shape index (κ2) is 4.57. The Morgan fingerprint density at radius 3 is 3.11 bits per heavy atom. The van der Waals surface area contributed by atoms with E-state index in [2.05, 4.69) is 21.9 Å². The number of nitrogens with zero attached hydrogens (tertiary/aromatic N) is 4. The SMILES string of the molecule is CC(N)C1CCCCN1c1ccn2nccc2n1. The summed E-state index contributed by atoms with van der Waals surface area (Å²) >= 11 is 0. The van der Waals surface area contributed by atoms with Gasteiger partial charge in [0.1, 0.15) is 5.82 Å². The van der Waals surface area contributed by atoms with Crippen LogP contribution in [0.5, 0.6) is 0 Å². The Kier molecular flexibility index (Phi) is 2.91. The van der Waals surface area contributed by atoms with E-state index < -0.39 is 0 Å². The zero-order valence-corrected chi connectivity index (χ0v) is 10.7. The Balaban J connectivity index is 1.95. The second-order valence-corrected chi connectivity index (χ2v) is 5.04. The molecule has 0 aliphatic carbocycles. The molecule has 18 heavy (non-hydrogen) atoms. The molecule has 0 spiro atoms. The monoisotopic (exact) mass is 245 g/mol. The zero-order valence-electron chi connectivity index (χ0n) is 10.7. The molecule has 5 nitrogen and oxygen atoms in total. The lowest BCUT2D eigenvalue weighted by Crippen LogP contribution is -2.49. The number of anilines is 1. The standard InChI is InChI=1S/C13H19N5/c1-10(14)11-4-2-3-8-17(11)12-6-9-18-13(16-12)5-7-15-18/h5-7,9-11H,2-4,8,14H2,1H3. The molecule has 3 heterocycles. The summed E-state index contributed by atoms with van der Waals surface area (Å²) in [5.74, 6) is 1.02. The van der Waals surface area contributed by atoms with E-state index >= 15 is 0 Å². The molecule has 2 aromatic heterocycles. The molecule has 2 aromatic rings. The molecule has 0 saturated carbocycles. The fourth-order valence-corrected chi connectivity index (χ4v) is 2.75. The van der Waals surface area contributed by atoms with Gasteiger partial charge in [-0.1, -0.05) is 0 Å². The number of nitrogens with two attached hydrogens (primary N) is 1. The van der Waals surface area contributed by atoms with E-state index in [1.807, 2.05) is 18.3 Å². The first-order valence-electron chi connectivity index (χ1n) is 6.58. The molecule has 0 radical (unpaired) electrons. The number of hydrogen-bond donors (Lipinski definition) is 1. The van der Waals surface area contributed by atoms with Crippen molar-refractivity contribution in [3.63, 3.8) is 0 Å². The summed E-state index contributed by atoms with van der Waals surface area (Å²) in [5, 5.41) is 4.17. The van der Waals surface area contributed by atoms with Gasteiger partial charge in [-0.3, -0.25) is 0 Å². The van der Waals surface area contributed by atoms with E-state index in [1.54, 1.807) is 10.7 Å². The van der Waals surface area contributed by atoms with Crippen LogP contribution < -0.4 is 10.6 Å². The van der Waals surface area contributed by atoms with Crippen molar-refractivity contribution >= 4 is 11.5 Å². The van der Waals surface area contributed by atoms with Gasteiger partial charge in [-0.2, -0.15) is 5.10 Å². The topological polar surface area (TPSA) is 59.5 Å². The molecule has 1 fully saturated rings. The maximum absolute atomic E-state index is 6.10. The Morgan fingerprint density at radius 2 is 2.28 bits per heavy atom. The molecule has 3 rings (SSSR count). The van der Waals surface area contributed by atoms with E-state index in [1.165, 1.54) is 12.8 Å². The maximum Gasteiger partial charge on any atom is 0.157 e. The Labute approximate surface area is 107 Å². The van der Waals surface area contributed by atoms with Crippen molar-refractivity contribution in [1.29, 1.82) is 0 Å². The number of rotatable bonds is 2. The fourth-order valence-electron chi connectivity index (χ4n) is 2.75. The average Bonchev–Trinajstić information content (AvgIpc) is 2.85. The minimum absolute atomic E-state index is 0.174. The van der Waals surface area contributed by atoms with Crippen molar-refractivity contribution in [2.45, 2.75) is 38.3 Å². The molecular weight excluding hydrogens is 226 g/mol. The van der Waals surface area contributed by atoms with Gasteiger partial charge in [-0.25, -0.2) is 9.50 Å². The van der Waals surface area contributed by atoms with E-state index in [4.69, 9.17) is 5.73 Å². The molecule has 2 N–H and O–H groups in total. The van der Waals surface area contributed by atoms with E-state index in [-0.39, 0.29) is 6.04 Å². The van der Waals surface area contributed by atoms with Crippen molar-refractivity contribution in [2.75, 3.05) is 11.4 Å². The first-order valence-corrected chi connectivity index (χ1v) is 6.58. The number of aromatic nitrogens is 3. The number of piperidine rings is 1. The van der Waals surface area contributed by atoms with E-state index in [0.29, 0.717) is 6.04 Å². The zero-order chi connectivity index (χ0) is 12.5. The van der Waals surface area contributed by atoms with Crippen molar-refractivity contribution < 1.29 is 0 Å². The molecule has 1 saturated heterocycles. The van der Waals surface area contributed by atoms with Gasteiger partial charge in [0.25, 0.3) is 0 Å². The van der Waals surface area contributed by atoms with Gasteiger partial charge < -0.3 is 10.6 Å². The summed E-state index contributed by atoms with van der Waals surface area (Å²) in [6.45, 7) is 3.13. The van der Waals surface area contributed by atoms with Crippen molar-refractivity contribution in [3.05, 3.63) is 24.5 Å². The summed E-state index contributed by atoms with van der Waals surface area (Å²) in [6.07, 6.45) is 7.37. The van der Waals surface area contributed by atoms with Crippen LogP contribution in [-0.2, 0) is 0 Å². The van der Waals surface area contributed by atoms with Gasteiger partial charge in [-0.05, 0) is 32.3 Å².